The second-order valence-corrected chi connectivity index (χ2v) is 5.87. The zero-order valence-electron chi connectivity index (χ0n) is 12.1. The van der Waals surface area contributed by atoms with Crippen LogP contribution in [-0.4, -0.2) is 50.3 Å². The fourth-order valence-electron chi connectivity index (χ4n) is 3.14. The van der Waals surface area contributed by atoms with Gasteiger partial charge in [0.15, 0.2) is 0 Å². The second-order valence-electron chi connectivity index (χ2n) is 5.87. The SMILES string of the molecule is Nc1ccc(N2CCC(OCCN3CCCC3)C2)cc1. The summed E-state index contributed by atoms with van der Waals surface area (Å²) in [7, 11) is 0. The van der Waals surface area contributed by atoms with Crippen LogP contribution in [0.1, 0.15) is 19.3 Å². The number of anilines is 2. The van der Waals surface area contributed by atoms with Crippen molar-refractivity contribution in [2.45, 2.75) is 25.4 Å². The van der Waals surface area contributed by atoms with Gasteiger partial charge in [0.2, 0.25) is 0 Å². The third kappa shape index (κ3) is 3.44. The number of nitrogens with two attached hydrogens (primary N) is 1. The summed E-state index contributed by atoms with van der Waals surface area (Å²) in [6, 6.07) is 8.14. The van der Waals surface area contributed by atoms with Crippen LogP contribution in [0.15, 0.2) is 24.3 Å². The van der Waals surface area contributed by atoms with Gasteiger partial charge in [-0.15, -0.1) is 0 Å². The van der Waals surface area contributed by atoms with E-state index in [0.717, 1.165) is 38.3 Å². The highest BCUT2D eigenvalue weighted by Crippen LogP contribution is 2.22. The first-order valence-corrected chi connectivity index (χ1v) is 7.76. The summed E-state index contributed by atoms with van der Waals surface area (Å²) in [5.41, 5.74) is 7.81. The molecule has 4 heteroatoms. The molecule has 2 fully saturated rings. The molecule has 1 aromatic rings. The fraction of sp³-hybridized carbons (Fsp3) is 0.625. The highest BCUT2D eigenvalue weighted by Gasteiger charge is 2.23. The molecule has 1 aromatic carbocycles. The summed E-state index contributed by atoms with van der Waals surface area (Å²) in [6.45, 7) is 6.57. The van der Waals surface area contributed by atoms with Gasteiger partial charge in [-0.05, 0) is 56.6 Å². The smallest absolute Gasteiger partial charge is 0.0767 e. The minimum atomic E-state index is 0.384. The Hall–Kier alpha value is -1.26. The van der Waals surface area contributed by atoms with Crippen molar-refractivity contribution in [3.05, 3.63) is 24.3 Å². The molecule has 1 unspecified atom stereocenters. The van der Waals surface area contributed by atoms with Gasteiger partial charge in [0.1, 0.15) is 0 Å². The number of benzene rings is 1. The van der Waals surface area contributed by atoms with E-state index in [1.807, 2.05) is 12.1 Å². The number of nitrogen functional groups attached to an aromatic ring is 1. The van der Waals surface area contributed by atoms with E-state index in [1.165, 1.54) is 31.6 Å². The Morgan fingerprint density at radius 1 is 1.10 bits per heavy atom. The molecule has 0 radical (unpaired) electrons. The maximum atomic E-state index is 6.03. The van der Waals surface area contributed by atoms with Crippen LogP contribution in [0, 0.1) is 0 Å². The first-order chi connectivity index (χ1) is 9.81. The van der Waals surface area contributed by atoms with E-state index in [-0.39, 0.29) is 0 Å². The van der Waals surface area contributed by atoms with E-state index < -0.39 is 0 Å². The van der Waals surface area contributed by atoms with Crippen LogP contribution in [0.4, 0.5) is 11.4 Å². The standard InChI is InChI=1S/C16H25N3O/c17-14-3-5-15(6-4-14)19-10-7-16(13-19)20-12-11-18-8-1-2-9-18/h3-6,16H,1-2,7-13,17H2. The molecule has 2 aliphatic heterocycles. The van der Waals surface area contributed by atoms with E-state index in [4.69, 9.17) is 10.5 Å². The predicted molar refractivity (Wildman–Crippen MR) is 83.1 cm³/mol. The molecule has 0 spiro atoms. The van der Waals surface area contributed by atoms with E-state index in [1.54, 1.807) is 0 Å². The lowest BCUT2D eigenvalue weighted by atomic mass is 10.2. The molecule has 2 saturated heterocycles. The fourth-order valence-corrected chi connectivity index (χ4v) is 3.14. The number of nitrogens with zero attached hydrogens (tertiary/aromatic N) is 2. The highest BCUT2D eigenvalue weighted by molar-refractivity contribution is 5.53. The van der Waals surface area contributed by atoms with Gasteiger partial charge in [0.25, 0.3) is 0 Å². The third-order valence-electron chi connectivity index (χ3n) is 4.36. The number of likely N-dealkylation sites (tertiary alicyclic amines) is 1. The molecule has 0 saturated carbocycles. The maximum Gasteiger partial charge on any atom is 0.0767 e. The number of hydrogen-bond acceptors (Lipinski definition) is 4. The van der Waals surface area contributed by atoms with Gasteiger partial charge in [-0.1, -0.05) is 0 Å². The molecule has 110 valence electrons. The number of rotatable bonds is 5. The highest BCUT2D eigenvalue weighted by atomic mass is 16.5. The molecular formula is C16H25N3O. The Morgan fingerprint density at radius 2 is 1.85 bits per heavy atom. The van der Waals surface area contributed by atoms with E-state index in [2.05, 4.69) is 21.9 Å². The Bertz CT molecular complexity index is 414. The molecule has 1 atom stereocenters. The molecule has 2 aliphatic rings. The summed E-state index contributed by atoms with van der Waals surface area (Å²) in [4.78, 5) is 4.90. The molecule has 2 heterocycles. The van der Waals surface area contributed by atoms with Crippen molar-refractivity contribution in [2.75, 3.05) is 50.0 Å². The topological polar surface area (TPSA) is 41.7 Å². The average Bonchev–Trinajstić information content (AvgIpc) is 3.11. The second kappa shape index (κ2) is 6.46. The van der Waals surface area contributed by atoms with Crippen molar-refractivity contribution in [1.82, 2.24) is 4.90 Å². The van der Waals surface area contributed by atoms with Gasteiger partial charge < -0.3 is 20.3 Å². The van der Waals surface area contributed by atoms with Crippen molar-refractivity contribution in [1.29, 1.82) is 0 Å². The first kappa shape index (κ1) is 13.7. The van der Waals surface area contributed by atoms with Gasteiger partial charge in [-0.3, -0.25) is 0 Å². The van der Waals surface area contributed by atoms with Crippen LogP contribution >= 0.6 is 0 Å². The van der Waals surface area contributed by atoms with E-state index in [0.29, 0.717) is 6.10 Å². The summed E-state index contributed by atoms with van der Waals surface area (Å²) in [5.74, 6) is 0. The predicted octanol–water partition coefficient (Wildman–Crippen LogP) is 1.96. The summed E-state index contributed by atoms with van der Waals surface area (Å²) in [5, 5.41) is 0. The quantitative estimate of drug-likeness (QED) is 0.834. The van der Waals surface area contributed by atoms with Crippen LogP contribution in [0.3, 0.4) is 0 Å². The van der Waals surface area contributed by atoms with E-state index >= 15 is 0 Å². The summed E-state index contributed by atoms with van der Waals surface area (Å²) in [6.07, 6.45) is 4.22. The minimum absolute atomic E-state index is 0.384. The largest absolute Gasteiger partial charge is 0.399 e. The average molecular weight is 275 g/mol. The Labute approximate surface area is 121 Å². The molecule has 3 rings (SSSR count). The third-order valence-corrected chi connectivity index (χ3v) is 4.36. The molecular weight excluding hydrogens is 250 g/mol. The van der Waals surface area contributed by atoms with Crippen LogP contribution < -0.4 is 10.6 Å². The van der Waals surface area contributed by atoms with Crippen LogP contribution in [-0.2, 0) is 4.74 Å². The molecule has 0 amide bonds. The molecule has 0 aliphatic carbocycles. The monoisotopic (exact) mass is 275 g/mol. The zero-order chi connectivity index (χ0) is 13.8. The van der Waals surface area contributed by atoms with Crippen molar-refractivity contribution in [3.63, 3.8) is 0 Å². The Morgan fingerprint density at radius 3 is 2.60 bits per heavy atom. The lowest BCUT2D eigenvalue weighted by Crippen LogP contribution is -2.28. The van der Waals surface area contributed by atoms with Crippen LogP contribution in [0.25, 0.3) is 0 Å². The van der Waals surface area contributed by atoms with Crippen molar-refractivity contribution < 1.29 is 4.74 Å². The maximum absolute atomic E-state index is 6.03. The zero-order valence-corrected chi connectivity index (χ0v) is 12.1. The van der Waals surface area contributed by atoms with Gasteiger partial charge in [0.05, 0.1) is 12.7 Å². The van der Waals surface area contributed by atoms with Crippen LogP contribution in [0.5, 0.6) is 0 Å². The Kier molecular flexibility index (Phi) is 4.43. The molecule has 0 aromatic heterocycles. The summed E-state index contributed by atoms with van der Waals surface area (Å²) >= 11 is 0. The van der Waals surface area contributed by atoms with E-state index in [9.17, 15) is 0 Å². The molecule has 4 nitrogen and oxygen atoms in total. The molecule has 20 heavy (non-hydrogen) atoms. The van der Waals surface area contributed by atoms with Gasteiger partial charge in [-0.2, -0.15) is 0 Å². The van der Waals surface area contributed by atoms with Gasteiger partial charge >= 0.3 is 0 Å². The van der Waals surface area contributed by atoms with Crippen molar-refractivity contribution >= 4 is 11.4 Å². The molecule has 2 N–H and O–H groups in total. The molecule has 0 bridgehead atoms. The summed E-state index contributed by atoms with van der Waals surface area (Å²) < 4.78 is 6.03. The normalized spacial score (nSPS) is 23.6. The van der Waals surface area contributed by atoms with Gasteiger partial charge in [-0.25, -0.2) is 0 Å². The Balaban J connectivity index is 1.41. The van der Waals surface area contributed by atoms with Crippen molar-refractivity contribution in [3.8, 4) is 0 Å². The van der Waals surface area contributed by atoms with Crippen LogP contribution in [0.2, 0.25) is 0 Å². The number of hydrogen-bond donors (Lipinski definition) is 1. The van der Waals surface area contributed by atoms with Gasteiger partial charge in [0, 0.05) is 31.0 Å². The lowest BCUT2D eigenvalue weighted by Gasteiger charge is -2.20. The lowest BCUT2D eigenvalue weighted by molar-refractivity contribution is 0.0543. The van der Waals surface area contributed by atoms with Crippen molar-refractivity contribution in [2.24, 2.45) is 0 Å². The minimum Gasteiger partial charge on any atom is -0.399 e. The number of ether oxygens (including phenoxy) is 1. The first-order valence-electron chi connectivity index (χ1n) is 7.76.